The molecule has 1 atom stereocenters. The molecule has 0 aromatic carbocycles. The van der Waals surface area contributed by atoms with Crippen LogP contribution in [0.1, 0.15) is 37.4 Å². The number of nitrogens with two attached hydrogens (primary N) is 1. The number of nitrogens with zero attached hydrogens (tertiary/aromatic N) is 3. The standard InChI is InChI=1S/C15H25N5O/c1-4-5-6-12-10(2)18-15(16)19-13(12)20-8-7-11(9-20)14(21)17-3/h11H,4-9H2,1-3H3,(H,17,21)(H2,16,18,19). The van der Waals surface area contributed by atoms with E-state index in [9.17, 15) is 4.79 Å². The maximum Gasteiger partial charge on any atom is 0.224 e. The minimum absolute atomic E-state index is 0.0329. The van der Waals surface area contributed by atoms with Gasteiger partial charge in [0.15, 0.2) is 0 Å². The van der Waals surface area contributed by atoms with Crippen LogP contribution in [0.2, 0.25) is 0 Å². The van der Waals surface area contributed by atoms with Gasteiger partial charge in [-0.25, -0.2) is 4.98 Å². The van der Waals surface area contributed by atoms with E-state index in [4.69, 9.17) is 5.73 Å². The molecule has 1 aromatic heterocycles. The summed E-state index contributed by atoms with van der Waals surface area (Å²) in [5.41, 5.74) is 7.94. The summed E-state index contributed by atoms with van der Waals surface area (Å²) in [5.74, 6) is 1.36. The SMILES string of the molecule is CCCCc1c(C)nc(N)nc1N1CCC(C(=O)NC)C1. The highest BCUT2D eigenvalue weighted by Crippen LogP contribution is 2.28. The zero-order valence-electron chi connectivity index (χ0n) is 13.1. The van der Waals surface area contributed by atoms with Crippen LogP contribution in [0.25, 0.3) is 0 Å². The Morgan fingerprint density at radius 2 is 2.24 bits per heavy atom. The van der Waals surface area contributed by atoms with Gasteiger partial charge in [-0.1, -0.05) is 13.3 Å². The van der Waals surface area contributed by atoms with Gasteiger partial charge in [-0.15, -0.1) is 0 Å². The highest BCUT2D eigenvalue weighted by molar-refractivity contribution is 5.79. The van der Waals surface area contributed by atoms with Crippen molar-refractivity contribution in [3.05, 3.63) is 11.3 Å². The Labute approximate surface area is 126 Å². The molecule has 0 radical (unpaired) electrons. The van der Waals surface area contributed by atoms with E-state index in [1.807, 2.05) is 6.92 Å². The molecule has 3 N–H and O–H groups in total. The molecule has 21 heavy (non-hydrogen) atoms. The van der Waals surface area contributed by atoms with E-state index < -0.39 is 0 Å². The third-order valence-electron chi connectivity index (χ3n) is 4.09. The van der Waals surface area contributed by atoms with Crippen LogP contribution >= 0.6 is 0 Å². The van der Waals surface area contributed by atoms with Crippen molar-refractivity contribution in [2.45, 2.75) is 39.5 Å². The van der Waals surface area contributed by atoms with Crippen LogP contribution in [0.5, 0.6) is 0 Å². The molecule has 2 heterocycles. The number of hydrogen-bond donors (Lipinski definition) is 2. The lowest BCUT2D eigenvalue weighted by Gasteiger charge is -2.22. The Hall–Kier alpha value is -1.85. The first-order chi connectivity index (χ1) is 10.1. The summed E-state index contributed by atoms with van der Waals surface area (Å²) >= 11 is 0. The quantitative estimate of drug-likeness (QED) is 0.854. The molecule has 6 nitrogen and oxygen atoms in total. The number of carbonyl (C=O) groups is 1. The zero-order valence-corrected chi connectivity index (χ0v) is 13.1. The fourth-order valence-corrected chi connectivity index (χ4v) is 2.88. The van der Waals surface area contributed by atoms with Crippen LogP contribution in [0.3, 0.4) is 0 Å². The van der Waals surface area contributed by atoms with Crippen LogP contribution in [-0.2, 0) is 11.2 Å². The summed E-state index contributed by atoms with van der Waals surface area (Å²) in [5, 5.41) is 2.73. The molecule has 2 rings (SSSR count). The van der Waals surface area contributed by atoms with Crippen molar-refractivity contribution in [1.82, 2.24) is 15.3 Å². The number of carbonyl (C=O) groups excluding carboxylic acids is 1. The second-order valence-electron chi connectivity index (χ2n) is 5.62. The fraction of sp³-hybridized carbons (Fsp3) is 0.667. The number of aromatic nitrogens is 2. The maximum absolute atomic E-state index is 11.8. The predicted octanol–water partition coefficient (Wildman–Crippen LogP) is 1.28. The minimum atomic E-state index is 0.0329. The molecule has 116 valence electrons. The molecule has 1 unspecified atom stereocenters. The average Bonchev–Trinajstić information content (AvgIpc) is 2.94. The van der Waals surface area contributed by atoms with E-state index in [1.165, 1.54) is 5.56 Å². The van der Waals surface area contributed by atoms with E-state index in [0.717, 1.165) is 43.7 Å². The number of nitrogens with one attached hydrogen (secondary N) is 1. The van der Waals surface area contributed by atoms with Gasteiger partial charge in [-0.2, -0.15) is 4.98 Å². The maximum atomic E-state index is 11.8. The molecule has 1 aliphatic heterocycles. The first-order valence-corrected chi connectivity index (χ1v) is 7.66. The molecule has 0 saturated carbocycles. The topological polar surface area (TPSA) is 84.1 Å². The fourth-order valence-electron chi connectivity index (χ4n) is 2.88. The Balaban J connectivity index is 2.24. The molecule has 1 amide bonds. The van der Waals surface area contributed by atoms with Crippen LogP contribution in [-0.4, -0.2) is 36.0 Å². The summed E-state index contributed by atoms with van der Waals surface area (Å²) in [6.45, 7) is 5.70. The lowest BCUT2D eigenvalue weighted by Crippen LogP contribution is -2.31. The first-order valence-electron chi connectivity index (χ1n) is 7.66. The molecule has 0 aliphatic carbocycles. The summed E-state index contributed by atoms with van der Waals surface area (Å²) in [6.07, 6.45) is 4.05. The normalized spacial score (nSPS) is 18.0. The van der Waals surface area contributed by atoms with Gasteiger partial charge in [0, 0.05) is 31.4 Å². The number of amides is 1. The molecule has 6 heteroatoms. The van der Waals surface area contributed by atoms with Gasteiger partial charge < -0.3 is 16.0 Å². The van der Waals surface area contributed by atoms with E-state index in [1.54, 1.807) is 7.05 Å². The number of hydrogen-bond acceptors (Lipinski definition) is 5. The van der Waals surface area contributed by atoms with Gasteiger partial charge in [0.2, 0.25) is 11.9 Å². The summed E-state index contributed by atoms with van der Waals surface area (Å²) < 4.78 is 0. The van der Waals surface area contributed by atoms with Gasteiger partial charge in [0.1, 0.15) is 5.82 Å². The molecule has 1 aromatic rings. The van der Waals surface area contributed by atoms with E-state index in [2.05, 4.69) is 27.1 Å². The van der Waals surface area contributed by atoms with Crippen LogP contribution < -0.4 is 16.0 Å². The van der Waals surface area contributed by atoms with Crippen molar-refractivity contribution in [2.24, 2.45) is 5.92 Å². The van der Waals surface area contributed by atoms with E-state index in [-0.39, 0.29) is 11.8 Å². The van der Waals surface area contributed by atoms with Crippen molar-refractivity contribution >= 4 is 17.7 Å². The van der Waals surface area contributed by atoms with Crippen LogP contribution in [0.4, 0.5) is 11.8 Å². The molecule has 1 saturated heterocycles. The van der Waals surface area contributed by atoms with Gasteiger partial charge in [0.25, 0.3) is 0 Å². The second kappa shape index (κ2) is 6.74. The zero-order chi connectivity index (χ0) is 15.4. The van der Waals surface area contributed by atoms with Gasteiger partial charge in [0.05, 0.1) is 5.92 Å². The van der Waals surface area contributed by atoms with Crippen molar-refractivity contribution in [1.29, 1.82) is 0 Å². The molecule has 1 fully saturated rings. The van der Waals surface area contributed by atoms with Crippen molar-refractivity contribution < 1.29 is 4.79 Å². The molecule has 0 bridgehead atoms. The number of unbranched alkanes of at least 4 members (excludes halogenated alkanes) is 1. The number of aryl methyl sites for hydroxylation is 1. The number of rotatable bonds is 5. The average molecular weight is 291 g/mol. The Morgan fingerprint density at radius 1 is 1.48 bits per heavy atom. The smallest absolute Gasteiger partial charge is 0.224 e. The largest absolute Gasteiger partial charge is 0.368 e. The molecule has 1 aliphatic rings. The third kappa shape index (κ3) is 3.43. The van der Waals surface area contributed by atoms with E-state index in [0.29, 0.717) is 12.5 Å². The monoisotopic (exact) mass is 291 g/mol. The Kier molecular flexibility index (Phi) is 4.98. The minimum Gasteiger partial charge on any atom is -0.368 e. The second-order valence-corrected chi connectivity index (χ2v) is 5.62. The van der Waals surface area contributed by atoms with Crippen molar-refractivity contribution in [2.75, 3.05) is 30.8 Å². The van der Waals surface area contributed by atoms with Crippen LogP contribution in [0, 0.1) is 12.8 Å². The predicted molar refractivity (Wildman–Crippen MR) is 84.2 cm³/mol. The van der Waals surface area contributed by atoms with Gasteiger partial charge in [-0.05, 0) is 26.2 Å². The van der Waals surface area contributed by atoms with Gasteiger partial charge >= 0.3 is 0 Å². The Morgan fingerprint density at radius 3 is 2.90 bits per heavy atom. The lowest BCUT2D eigenvalue weighted by atomic mass is 10.1. The number of anilines is 2. The number of nitrogen functional groups attached to an aromatic ring is 1. The van der Waals surface area contributed by atoms with Crippen molar-refractivity contribution in [3.8, 4) is 0 Å². The summed E-state index contributed by atoms with van der Waals surface area (Å²) in [7, 11) is 1.69. The summed E-state index contributed by atoms with van der Waals surface area (Å²) in [6, 6.07) is 0. The lowest BCUT2D eigenvalue weighted by molar-refractivity contribution is -0.123. The van der Waals surface area contributed by atoms with Crippen molar-refractivity contribution in [3.63, 3.8) is 0 Å². The first kappa shape index (κ1) is 15.5. The van der Waals surface area contributed by atoms with E-state index >= 15 is 0 Å². The highest BCUT2D eigenvalue weighted by atomic mass is 16.1. The third-order valence-corrected chi connectivity index (χ3v) is 4.09. The highest BCUT2D eigenvalue weighted by Gasteiger charge is 2.30. The molecular formula is C15H25N5O. The molecule has 0 spiro atoms. The molecular weight excluding hydrogens is 266 g/mol. The van der Waals surface area contributed by atoms with Gasteiger partial charge in [-0.3, -0.25) is 4.79 Å². The summed E-state index contributed by atoms with van der Waals surface area (Å²) in [4.78, 5) is 22.7. The Bertz CT molecular complexity index is 517. The van der Waals surface area contributed by atoms with Crippen LogP contribution in [0.15, 0.2) is 0 Å².